The average Bonchev–Trinajstić information content (AvgIpc) is 3.19. The predicted molar refractivity (Wildman–Crippen MR) is 92.9 cm³/mol. The van der Waals surface area contributed by atoms with Gasteiger partial charge in [0.1, 0.15) is 6.61 Å². The molecule has 0 fully saturated rings. The molecule has 1 aliphatic carbocycles. The number of nitrogens with one attached hydrogen (secondary N) is 1. The number of rotatable bonds is 6. The molecule has 1 aromatic carbocycles. The summed E-state index contributed by atoms with van der Waals surface area (Å²) in [5.74, 6) is 0.194. The Balaban J connectivity index is 1.48. The monoisotopic (exact) mass is 328 g/mol. The van der Waals surface area contributed by atoms with Gasteiger partial charge in [0.25, 0.3) is 0 Å². The van der Waals surface area contributed by atoms with E-state index in [-0.39, 0.29) is 12.6 Å². The van der Waals surface area contributed by atoms with Crippen molar-refractivity contribution in [1.29, 1.82) is 0 Å². The Morgan fingerprint density at radius 3 is 2.96 bits per heavy atom. The number of esters is 1. The molecule has 1 heterocycles. The Morgan fingerprint density at radius 2 is 2.22 bits per heavy atom. The summed E-state index contributed by atoms with van der Waals surface area (Å²) in [6, 6.07) is 8.14. The first-order chi connectivity index (χ1) is 11.2. The summed E-state index contributed by atoms with van der Waals surface area (Å²) in [4.78, 5) is 16.3. The van der Waals surface area contributed by atoms with Crippen LogP contribution in [-0.2, 0) is 16.1 Å². The number of carbonyl (C=O) groups is 1. The highest BCUT2D eigenvalue weighted by Crippen LogP contribution is 2.23. The highest BCUT2D eigenvalue weighted by molar-refractivity contribution is 7.13. The van der Waals surface area contributed by atoms with Crippen LogP contribution in [0, 0.1) is 12.8 Å². The first-order valence-corrected chi connectivity index (χ1v) is 8.67. The van der Waals surface area contributed by atoms with Gasteiger partial charge in [0.05, 0.1) is 12.1 Å². The minimum absolute atomic E-state index is 0.150. The van der Waals surface area contributed by atoms with Gasteiger partial charge < -0.3 is 10.1 Å². The summed E-state index contributed by atoms with van der Waals surface area (Å²) in [6.07, 6.45) is 6.82. The van der Waals surface area contributed by atoms with Gasteiger partial charge in [-0.2, -0.15) is 0 Å². The van der Waals surface area contributed by atoms with E-state index in [2.05, 4.69) is 41.5 Å². The third kappa shape index (κ3) is 4.66. The number of ether oxygens (including phenoxy) is 1. The molecule has 0 radical (unpaired) electrons. The lowest BCUT2D eigenvalue weighted by Gasteiger charge is -2.07. The van der Waals surface area contributed by atoms with Gasteiger partial charge in [0.2, 0.25) is 0 Å². The van der Waals surface area contributed by atoms with Crippen LogP contribution < -0.4 is 5.32 Å². The molecule has 0 spiro atoms. The summed E-state index contributed by atoms with van der Waals surface area (Å²) in [6.45, 7) is 2.29. The fourth-order valence-electron chi connectivity index (χ4n) is 2.48. The zero-order valence-electron chi connectivity index (χ0n) is 13.1. The summed E-state index contributed by atoms with van der Waals surface area (Å²) in [5, 5.41) is 5.98. The van der Waals surface area contributed by atoms with E-state index in [9.17, 15) is 4.79 Å². The van der Waals surface area contributed by atoms with Crippen LogP contribution >= 0.6 is 11.3 Å². The van der Waals surface area contributed by atoms with Gasteiger partial charge in [-0.05, 0) is 37.8 Å². The number of aryl methyl sites for hydroxylation is 1. The predicted octanol–water partition coefficient (Wildman–Crippen LogP) is 4.59. The standard InChI is InChI=1S/C18H20N2O2S/c1-13-6-8-15(9-7-13)19-18-20-16(12-23-18)11-22-17(21)10-14-4-2-3-5-14/h2,4,6-9,12,14H,3,5,10-11H2,1H3,(H,19,20)/t14-/m0/s1. The molecule has 0 unspecified atom stereocenters. The van der Waals surface area contributed by atoms with Gasteiger partial charge in [0, 0.05) is 11.1 Å². The first kappa shape index (κ1) is 15.7. The fraction of sp³-hybridized carbons (Fsp3) is 0.333. The molecule has 0 saturated carbocycles. The third-order valence-corrected chi connectivity index (χ3v) is 4.58. The molecule has 23 heavy (non-hydrogen) atoms. The lowest BCUT2D eigenvalue weighted by atomic mass is 10.1. The van der Waals surface area contributed by atoms with E-state index in [4.69, 9.17) is 4.74 Å². The van der Waals surface area contributed by atoms with E-state index in [1.165, 1.54) is 16.9 Å². The lowest BCUT2D eigenvalue weighted by Crippen LogP contribution is -2.09. The number of aromatic nitrogens is 1. The molecule has 120 valence electrons. The van der Waals surface area contributed by atoms with Gasteiger partial charge in [0.15, 0.2) is 5.13 Å². The van der Waals surface area contributed by atoms with Crippen molar-refractivity contribution in [1.82, 2.24) is 4.98 Å². The minimum Gasteiger partial charge on any atom is -0.459 e. The van der Waals surface area contributed by atoms with Gasteiger partial charge in [-0.1, -0.05) is 29.8 Å². The molecule has 0 saturated heterocycles. The smallest absolute Gasteiger partial charge is 0.306 e. The number of hydrogen-bond donors (Lipinski definition) is 1. The van der Waals surface area contributed by atoms with Crippen LogP contribution in [0.25, 0.3) is 0 Å². The summed E-state index contributed by atoms with van der Waals surface area (Å²) in [7, 11) is 0. The van der Waals surface area contributed by atoms with Gasteiger partial charge in [-0.3, -0.25) is 4.79 Å². The molecule has 4 nitrogen and oxygen atoms in total. The second kappa shape index (κ2) is 7.42. The van der Waals surface area contributed by atoms with Gasteiger partial charge in [-0.15, -0.1) is 11.3 Å². The number of thiazole rings is 1. The van der Waals surface area contributed by atoms with Crippen LogP contribution in [0.4, 0.5) is 10.8 Å². The van der Waals surface area contributed by atoms with E-state index in [1.54, 1.807) is 0 Å². The molecule has 1 aliphatic rings. The van der Waals surface area contributed by atoms with Crippen LogP contribution in [0.2, 0.25) is 0 Å². The Hall–Kier alpha value is -2.14. The number of nitrogens with zero attached hydrogens (tertiary/aromatic N) is 1. The molecule has 2 aromatic rings. The number of anilines is 2. The molecule has 5 heteroatoms. The number of carbonyl (C=O) groups excluding carboxylic acids is 1. The van der Waals surface area contributed by atoms with E-state index >= 15 is 0 Å². The zero-order chi connectivity index (χ0) is 16.1. The zero-order valence-corrected chi connectivity index (χ0v) is 13.9. The van der Waals surface area contributed by atoms with Crippen molar-refractivity contribution in [2.45, 2.75) is 32.8 Å². The van der Waals surface area contributed by atoms with Crippen molar-refractivity contribution in [3.05, 3.63) is 53.1 Å². The number of hydrogen-bond acceptors (Lipinski definition) is 5. The minimum atomic E-state index is -0.150. The third-order valence-electron chi connectivity index (χ3n) is 3.78. The van der Waals surface area contributed by atoms with Crippen molar-refractivity contribution >= 4 is 28.1 Å². The van der Waals surface area contributed by atoms with Crippen LogP contribution in [-0.4, -0.2) is 11.0 Å². The first-order valence-electron chi connectivity index (χ1n) is 7.79. The summed E-state index contributed by atoms with van der Waals surface area (Å²) < 4.78 is 5.31. The maximum atomic E-state index is 11.8. The topological polar surface area (TPSA) is 51.2 Å². The molecule has 3 rings (SSSR count). The molecule has 1 aromatic heterocycles. The van der Waals surface area contributed by atoms with Crippen molar-refractivity contribution in [2.24, 2.45) is 5.92 Å². The van der Waals surface area contributed by atoms with Crippen molar-refractivity contribution < 1.29 is 9.53 Å². The van der Waals surface area contributed by atoms with Crippen molar-refractivity contribution in [3.63, 3.8) is 0 Å². The molecule has 0 bridgehead atoms. The number of benzene rings is 1. The lowest BCUT2D eigenvalue weighted by molar-refractivity contribution is -0.145. The normalized spacial score (nSPS) is 16.5. The highest BCUT2D eigenvalue weighted by Gasteiger charge is 2.15. The Labute approximate surface area is 140 Å². The Bertz CT molecular complexity index is 691. The SMILES string of the molecule is Cc1ccc(Nc2nc(COC(=O)C[C@H]3C=CCC3)cs2)cc1. The molecule has 0 amide bonds. The second-order valence-corrected chi connectivity index (χ2v) is 6.62. The maximum Gasteiger partial charge on any atom is 0.306 e. The second-order valence-electron chi connectivity index (χ2n) is 5.77. The number of allylic oxidation sites excluding steroid dienone is 2. The van der Waals surface area contributed by atoms with Crippen LogP contribution in [0.5, 0.6) is 0 Å². The van der Waals surface area contributed by atoms with Crippen molar-refractivity contribution in [3.8, 4) is 0 Å². The van der Waals surface area contributed by atoms with Crippen LogP contribution in [0.3, 0.4) is 0 Å². The fourth-order valence-corrected chi connectivity index (χ4v) is 3.20. The Morgan fingerprint density at radius 1 is 1.39 bits per heavy atom. The highest BCUT2D eigenvalue weighted by atomic mass is 32.1. The largest absolute Gasteiger partial charge is 0.459 e. The maximum absolute atomic E-state index is 11.8. The van der Waals surface area contributed by atoms with E-state index in [0.29, 0.717) is 12.3 Å². The Kier molecular flexibility index (Phi) is 5.08. The van der Waals surface area contributed by atoms with Gasteiger partial charge >= 0.3 is 5.97 Å². The quantitative estimate of drug-likeness (QED) is 0.622. The van der Waals surface area contributed by atoms with Gasteiger partial charge in [-0.25, -0.2) is 4.98 Å². The van der Waals surface area contributed by atoms with Crippen LogP contribution in [0.1, 0.15) is 30.5 Å². The molecule has 1 atom stereocenters. The van der Waals surface area contributed by atoms with Crippen LogP contribution in [0.15, 0.2) is 41.8 Å². The molecular weight excluding hydrogens is 308 g/mol. The van der Waals surface area contributed by atoms with Crippen molar-refractivity contribution in [2.75, 3.05) is 5.32 Å². The molecular formula is C18H20N2O2S. The van der Waals surface area contributed by atoms with E-state index in [1.807, 2.05) is 17.5 Å². The molecule has 0 aliphatic heterocycles. The average molecular weight is 328 g/mol. The summed E-state index contributed by atoms with van der Waals surface area (Å²) in [5.41, 5.74) is 3.00. The molecule has 1 N–H and O–H groups in total. The summed E-state index contributed by atoms with van der Waals surface area (Å²) >= 11 is 1.51. The van der Waals surface area contributed by atoms with E-state index in [0.717, 1.165) is 29.4 Å². The van der Waals surface area contributed by atoms with E-state index < -0.39 is 0 Å².